The van der Waals surface area contributed by atoms with Crippen molar-refractivity contribution in [2.45, 2.75) is 6.92 Å². The summed E-state index contributed by atoms with van der Waals surface area (Å²) in [6, 6.07) is 17.0. The average molecular weight is 267 g/mol. The largest absolute Gasteiger partial charge is 0.493 e. The molecule has 0 unspecified atom stereocenters. The molecule has 1 amide bonds. The summed E-state index contributed by atoms with van der Waals surface area (Å²) in [7, 11) is 0. The van der Waals surface area contributed by atoms with Crippen LogP contribution in [0.4, 0.5) is 5.69 Å². The molecule has 20 heavy (non-hydrogen) atoms. The molecule has 1 N–H and O–H groups in total. The Balaban J connectivity index is 2.04. The molecule has 0 bridgehead atoms. The lowest BCUT2D eigenvalue weighted by Crippen LogP contribution is -2.07. The molecule has 2 rings (SSSR count). The molecule has 0 aromatic heterocycles. The quantitative estimate of drug-likeness (QED) is 0.838. The van der Waals surface area contributed by atoms with Crippen molar-refractivity contribution in [1.29, 1.82) is 0 Å². The number of anilines is 1. The zero-order chi connectivity index (χ0) is 14.2. The Bertz CT molecular complexity index is 591. The molecule has 0 aliphatic heterocycles. The van der Waals surface area contributed by atoms with Crippen LogP contribution in [0.1, 0.15) is 12.5 Å². The second kappa shape index (κ2) is 7.14. The first-order valence-corrected chi connectivity index (χ1v) is 6.55. The van der Waals surface area contributed by atoms with Gasteiger partial charge in [0.05, 0.1) is 6.61 Å². The molecule has 0 spiro atoms. The first-order chi connectivity index (χ1) is 9.79. The van der Waals surface area contributed by atoms with Crippen molar-refractivity contribution in [3.8, 4) is 5.75 Å². The topological polar surface area (TPSA) is 38.3 Å². The van der Waals surface area contributed by atoms with Crippen LogP contribution in [-0.4, -0.2) is 12.5 Å². The van der Waals surface area contributed by atoms with E-state index in [1.54, 1.807) is 6.08 Å². The van der Waals surface area contributed by atoms with E-state index in [0.29, 0.717) is 6.61 Å². The smallest absolute Gasteiger partial charge is 0.248 e. The zero-order valence-corrected chi connectivity index (χ0v) is 11.4. The van der Waals surface area contributed by atoms with Gasteiger partial charge in [-0.15, -0.1) is 0 Å². The van der Waals surface area contributed by atoms with Gasteiger partial charge < -0.3 is 10.1 Å². The number of nitrogens with one attached hydrogen (secondary N) is 1. The SMILES string of the molecule is CCOc1ccccc1C=CC(=O)Nc1ccccc1. The Hall–Kier alpha value is -2.55. The van der Waals surface area contributed by atoms with Gasteiger partial charge in [0.2, 0.25) is 5.91 Å². The number of carbonyl (C=O) groups is 1. The lowest BCUT2D eigenvalue weighted by atomic mass is 10.2. The van der Waals surface area contributed by atoms with E-state index in [1.807, 2.05) is 61.5 Å². The average Bonchev–Trinajstić information content (AvgIpc) is 2.48. The van der Waals surface area contributed by atoms with E-state index in [-0.39, 0.29) is 5.91 Å². The van der Waals surface area contributed by atoms with E-state index >= 15 is 0 Å². The minimum absolute atomic E-state index is 0.164. The van der Waals surface area contributed by atoms with E-state index in [1.165, 1.54) is 6.08 Å². The van der Waals surface area contributed by atoms with Gasteiger partial charge in [-0.1, -0.05) is 36.4 Å². The van der Waals surface area contributed by atoms with Crippen molar-refractivity contribution in [2.75, 3.05) is 11.9 Å². The molecule has 0 atom stereocenters. The number of hydrogen-bond donors (Lipinski definition) is 1. The predicted molar refractivity (Wildman–Crippen MR) is 81.7 cm³/mol. The molecule has 2 aromatic rings. The minimum atomic E-state index is -0.164. The molecular formula is C17H17NO2. The van der Waals surface area contributed by atoms with Crippen LogP contribution in [0.5, 0.6) is 5.75 Å². The third-order valence-corrected chi connectivity index (χ3v) is 2.67. The standard InChI is InChI=1S/C17H17NO2/c1-2-20-16-11-7-6-8-14(16)12-13-17(19)18-15-9-4-3-5-10-15/h3-13H,2H2,1H3,(H,18,19). The van der Waals surface area contributed by atoms with Gasteiger partial charge in [0.1, 0.15) is 5.75 Å². The molecule has 3 heteroatoms. The molecule has 0 saturated carbocycles. The van der Waals surface area contributed by atoms with Crippen LogP contribution in [0.25, 0.3) is 6.08 Å². The Morgan fingerprint density at radius 1 is 1.10 bits per heavy atom. The van der Waals surface area contributed by atoms with Gasteiger partial charge in [-0.3, -0.25) is 4.79 Å². The van der Waals surface area contributed by atoms with Crippen LogP contribution in [0, 0.1) is 0 Å². The molecule has 0 aliphatic rings. The summed E-state index contributed by atoms with van der Waals surface area (Å²) >= 11 is 0. The summed E-state index contributed by atoms with van der Waals surface area (Å²) in [5.74, 6) is 0.612. The maximum absolute atomic E-state index is 11.8. The number of amides is 1. The Morgan fingerprint density at radius 2 is 1.80 bits per heavy atom. The van der Waals surface area contributed by atoms with Crippen molar-refractivity contribution >= 4 is 17.7 Å². The number of ether oxygens (including phenoxy) is 1. The summed E-state index contributed by atoms with van der Waals surface area (Å²) in [6.45, 7) is 2.53. The van der Waals surface area contributed by atoms with Crippen molar-refractivity contribution in [2.24, 2.45) is 0 Å². The van der Waals surface area contributed by atoms with Crippen LogP contribution in [0.3, 0.4) is 0 Å². The van der Waals surface area contributed by atoms with E-state index in [9.17, 15) is 4.79 Å². The van der Waals surface area contributed by atoms with Gasteiger partial charge >= 0.3 is 0 Å². The van der Waals surface area contributed by atoms with E-state index in [0.717, 1.165) is 17.0 Å². The van der Waals surface area contributed by atoms with Crippen molar-refractivity contribution < 1.29 is 9.53 Å². The summed E-state index contributed by atoms with van der Waals surface area (Å²) in [4.78, 5) is 11.8. The van der Waals surface area contributed by atoms with Crippen molar-refractivity contribution in [3.05, 3.63) is 66.2 Å². The molecule has 2 aromatic carbocycles. The third kappa shape index (κ3) is 3.99. The second-order valence-electron chi connectivity index (χ2n) is 4.16. The molecular weight excluding hydrogens is 250 g/mol. The summed E-state index contributed by atoms with van der Waals surface area (Å²) in [5.41, 5.74) is 1.66. The highest BCUT2D eigenvalue weighted by Crippen LogP contribution is 2.19. The second-order valence-corrected chi connectivity index (χ2v) is 4.16. The van der Waals surface area contributed by atoms with E-state index < -0.39 is 0 Å². The highest BCUT2D eigenvalue weighted by molar-refractivity contribution is 6.02. The monoisotopic (exact) mass is 267 g/mol. The highest BCUT2D eigenvalue weighted by atomic mass is 16.5. The summed E-state index contributed by atoms with van der Waals surface area (Å²) in [6.07, 6.45) is 3.26. The number of para-hydroxylation sites is 2. The summed E-state index contributed by atoms with van der Waals surface area (Å²) < 4.78 is 5.50. The van der Waals surface area contributed by atoms with Crippen LogP contribution in [0.15, 0.2) is 60.7 Å². The fourth-order valence-electron chi connectivity index (χ4n) is 1.78. The first kappa shape index (κ1) is 13.9. The number of hydrogen-bond acceptors (Lipinski definition) is 2. The third-order valence-electron chi connectivity index (χ3n) is 2.67. The zero-order valence-electron chi connectivity index (χ0n) is 11.4. The van der Waals surface area contributed by atoms with E-state index in [4.69, 9.17) is 4.74 Å². The van der Waals surface area contributed by atoms with Crippen LogP contribution >= 0.6 is 0 Å². The number of benzene rings is 2. The van der Waals surface area contributed by atoms with Crippen LogP contribution in [0.2, 0.25) is 0 Å². The first-order valence-electron chi connectivity index (χ1n) is 6.55. The van der Waals surface area contributed by atoms with Gasteiger partial charge in [-0.25, -0.2) is 0 Å². The van der Waals surface area contributed by atoms with Gasteiger partial charge in [0, 0.05) is 17.3 Å². The van der Waals surface area contributed by atoms with Gasteiger partial charge in [0.15, 0.2) is 0 Å². The molecule has 0 radical (unpaired) electrons. The fourth-order valence-corrected chi connectivity index (χ4v) is 1.78. The lowest BCUT2D eigenvalue weighted by Gasteiger charge is -2.06. The van der Waals surface area contributed by atoms with Gasteiger partial charge in [-0.2, -0.15) is 0 Å². The van der Waals surface area contributed by atoms with Crippen LogP contribution in [-0.2, 0) is 4.79 Å². The Labute approximate surface area is 118 Å². The molecule has 3 nitrogen and oxygen atoms in total. The molecule has 0 fully saturated rings. The van der Waals surface area contributed by atoms with Crippen molar-refractivity contribution in [3.63, 3.8) is 0 Å². The van der Waals surface area contributed by atoms with Gasteiger partial charge in [0.25, 0.3) is 0 Å². The van der Waals surface area contributed by atoms with Gasteiger partial charge in [-0.05, 0) is 31.2 Å². The Kier molecular flexibility index (Phi) is 4.95. The summed E-state index contributed by atoms with van der Waals surface area (Å²) in [5, 5.41) is 2.80. The number of carbonyl (C=O) groups excluding carboxylic acids is 1. The number of rotatable bonds is 5. The fraction of sp³-hybridized carbons (Fsp3) is 0.118. The minimum Gasteiger partial charge on any atom is -0.493 e. The van der Waals surface area contributed by atoms with Crippen LogP contribution < -0.4 is 10.1 Å². The molecule has 0 heterocycles. The lowest BCUT2D eigenvalue weighted by molar-refractivity contribution is -0.111. The molecule has 102 valence electrons. The van der Waals surface area contributed by atoms with Crippen molar-refractivity contribution in [1.82, 2.24) is 0 Å². The van der Waals surface area contributed by atoms with E-state index in [2.05, 4.69) is 5.32 Å². The maximum Gasteiger partial charge on any atom is 0.248 e. The molecule has 0 saturated heterocycles. The maximum atomic E-state index is 11.8. The molecule has 0 aliphatic carbocycles. The predicted octanol–water partition coefficient (Wildman–Crippen LogP) is 3.74. The Morgan fingerprint density at radius 3 is 2.55 bits per heavy atom. The highest BCUT2D eigenvalue weighted by Gasteiger charge is 2.00. The normalized spacial score (nSPS) is 10.4.